The van der Waals surface area contributed by atoms with Gasteiger partial charge in [-0.25, -0.2) is 4.98 Å². The number of aryl methyl sites for hydroxylation is 2. The van der Waals surface area contributed by atoms with Gasteiger partial charge in [0.2, 0.25) is 5.91 Å². The van der Waals surface area contributed by atoms with Gasteiger partial charge in [0.1, 0.15) is 22.6 Å². The highest BCUT2D eigenvalue weighted by molar-refractivity contribution is 7.99. The minimum absolute atomic E-state index is 0.129. The number of hydrogen-bond donors (Lipinski definition) is 1. The average molecular weight is 371 g/mol. The number of rotatable bonds is 7. The normalized spacial score (nSPS) is 10.1. The summed E-state index contributed by atoms with van der Waals surface area (Å²) in [5, 5.41) is 12.8. The molecule has 0 saturated carbocycles. The first-order chi connectivity index (χ1) is 12.5. The number of carbonyl (C=O) groups excluding carboxylic acids is 1. The van der Waals surface area contributed by atoms with Crippen LogP contribution in [-0.2, 0) is 4.79 Å². The molecule has 1 heterocycles. The highest BCUT2D eigenvalue weighted by Gasteiger charge is 2.11. The number of pyridine rings is 1. The van der Waals surface area contributed by atoms with Crippen LogP contribution in [0, 0.1) is 25.2 Å². The Morgan fingerprint density at radius 1 is 1.19 bits per heavy atom. The van der Waals surface area contributed by atoms with E-state index in [0.717, 1.165) is 11.3 Å². The van der Waals surface area contributed by atoms with Crippen molar-refractivity contribution in [3.8, 4) is 17.6 Å². The molecule has 0 aliphatic heterocycles. The Balaban J connectivity index is 1.97. The zero-order chi connectivity index (χ0) is 19.1. The number of methoxy groups -OCH3 is 2. The maximum Gasteiger partial charge on any atom is 0.225 e. The van der Waals surface area contributed by atoms with Crippen LogP contribution in [0.1, 0.15) is 23.2 Å². The minimum atomic E-state index is -0.129. The molecular formula is C19H21N3O3S. The van der Waals surface area contributed by atoms with Gasteiger partial charge in [-0.05, 0) is 25.5 Å². The van der Waals surface area contributed by atoms with Crippen molar-refractivity contribution < 1.29 is 14.3 Å². The maximum absolute atomic E-state index is 12.2. The topological polar surface area (TPSA) is 84.2 Å². The van der Waals surface area contributed by atoms with E-state index in [2.05, 4.69) is 16.4 Å². The second kappa shape index (κ2) is 9.11. The van der Waals surface area contributed by atoms with Crippen LogP contribution in [0.25, 0.3) is 0 Å². The lowest BCUT2D eigenvalue weighted by molar-refractivity contribution is -0.115. The minimum Gasteiger partial charge on any atom is -0.497 e. The van der Waals surface area contributed by atoms with Gasteiger partial charge in [0.15, 0.2) is 0 Å². The fourth-order valence-electron chi connectivity index (χ4n) is 2.39. The number of benzene rings is 1. The lowest BCUT2D eigenvalue weighted by Crippen LogP contribution is -2.12. The molecule has 0 unspecified atom stereocenters. The highest BCUT2D eigenvalue weighted by Crippen LogP contribution is 2.27. The number of aromatic nitrogens is 1. The molecule has 0 fully saturated rings. The molecule has 1 amide bonds. The Bertz CT molecular complexity index is 824. The Kier molecular flexibility index (Phi) is 6.87. The molecule has 0 saturated heterocycles. The molecule has 136 valence electrons. The SMILES string of the molecule is COc1cc(NC(=O)CCSc2nc(C)cc(C)c2C#N)cc(OC)c1. The summed E-state index contributed by atoms with van der Waals surface area (Å²) in [6.07, 6.45) is 0.295. The lowest BCUT2D eigenvalue weighted by Gasteiger charge is -2.10. The fourth-order valence-corrected chi connectivity index (χ4v) is 3.43. The smallest absolute Gasteiger partial charge is 0.225 e. The first-order valence-electron chi connectivity index (χ1n) is 8.01. The van der Waals surface area contributed by atoms with Gasteiger partial charge in [-0.3, -0.25) is 4.79 Å². The van der Waals surface area contributed by atoms with Gasteiger partial charge in [0.05, 0.1) is 19.8 Å². The third kappa shape index (κ3) is 5.14. The largest absolute Gasteiger partial charge is 0.497 e. The van der Waals surface area contributed by atoms with Crippen LogP contribution in [-0.4, -0.2) is 30.9 Å². The first-order valence-corrected chi connectivity index (χ1v) is 8.99. The van der Waals surface area contributed by atoms with E-state index >= 15 is 0 Å². The van der Waals surface area contributed by atoms with Crippen molar-refractivity contribution in [3.05, 3.63) is 41.1 Å². The van der Waals surface area contributed by atoms with Crippen LogP contribution >= 0.6 is 11.8 Å². The van der Waals surface area contributed by atoms with Gasteiger partial charge in [-0.15, -0.1) is 11.8 Å². The summed E-state index contributed by atoms with van der Waals surface area (Å²) in [4.78, 5) is 16.6. The summed E-state index contributed by atoms with van der Waals surface area (Å²) in [5.41, 5.74) is 2.93. The number of amides is 1. The molecule has 7 heteroatoms. The Hall–Kier alpha value is -2.72. The van der Waals surface area contributed by atoms with Crippen LogP contribution in [0.15, 0.2) is 29.3 Å². The van der Waals surface area contributed by atoms with E-state index in [4.69, 9.17) is 9.47 Å². The van der Waals surface area contributed by atoms with Crippen molar-refractivity contribution in [3.63, 3.8) is 0 Å². The lowest BCUT2D eigenvalue weighted by atomic mass is 10.1. The summed E-state index contributed by atoms with van der Waals surface area (Å²) in [6.45, 7) is 3.78. The third-order valence-electron chi connectivity index (χ3n) is 3.63. The van der Waals surface area contributed by atoms with Crippen LogP contribution < -0.4 is 14.8 Å². The molecule has 2 aromatic rings. The molecule has 26 heavy (non-hydrogen) atoms. The molecule has 0 atom stereocenters. The zero-order valence-electron chi connectivity index (χ0n) is 15.3. The van der Waals surface area contributed by atoms with Crippen molar-refractivity contribution in [1.29, 1.82) is 5.26 Å². The number of anilines is 1. The van der Waals surface area contributed by atoms with Crippen molar-refractivity contribution in [2.75, 3.05) is 25.3 Å². The summed E-state index contributed by atoms with van der Waals surface area (Å²) in [7, 11) is 3.11. The van der Waals surface area contributed by atoms with Crippen LogP contribution in [0.5, 0.6) is 11.5 Å². The van der Waals surface area contributed by atoms with Crippen molar-refractivity contribution in [1.82, 2.24) is 4.98 Å². The number of hydrogen-bond acceptors (Lipinski definition) is 6. The van der Waals surface area contributed by atoms with Gasteiger partial charge in [-0.1, -0.05) is 0 Å². The molecule has 0 aliphatic rings. The van der Waals surface area contributed by atoms with E-state index < -0.39 is 0 Å². The highest BCUT2D eigenvalue weighted by atomic mass is 32.2. The molecule has 6 nitrogen and oxygen atoms in total. The molecule has 1 aromatic heterocycles. The van der Waals surface area contributed by atoms with E-state index in [9.17, 15) is 10.1 Å². The van der Waals surface area contributed by atoms with Crippen LogP contribution in [0.4, 0.5) is 5.69 Å². The molecule has 1 N–H and O–H groups in total. The average Bonchev–Trinajstić information content (AvgIpc) is 2.61. The van der Waals surface area contributed by atoms with E-state index in [0.29, 0.717) is 39.9 Å². The predicted molar refractivity (Wildman–Crippen MR) is 102 cm³/mol. The Morgan fingerprint density at radius 3 is 2.42 bits per heavy atom. The summed E-state index contributed by atoms with van der Waals surface area (Å²) >= 11 is 1.41. The standard InChI is InChI=1S/C19H21N3O3S/c1-12-7-13(2)21-19(17(12)11-20)26-6-5-18(23)22-14-8-15(24-3)10-16(9-14)25-4/h7-10H,5-6H2,1-4H3,(H,22,23). The number of nitriles is 1. The fraction of sp³-hybridized carbons (Fsp3) is 0.316. The van der Waals surface area contributed by atoms with E-state index in [-0.39, 0.29) is 5.91 Å². The maximum atomic E-state index is 12.2. The van der Waals surface area contributed by atoms with Crippen molar-refractivity contribution >= 4 is 23.4 Å². The van der Waals surface area contributed by atoms with Gasteiger partial charge in [0, 0.05) is 41.8 Å². The van der Waals surface area contributed by atoms with E-state index in [1.165, 1.54) is 11.8 Å². The van der Waals surface area contributed by atoms with Crippen molar-refractivity contribution in [2.24, 2.45) is 0 Å². The summed E-state index contributed by atoms with van der Waals surface area (Å²) < 4.78 is 10.4. The second-order valence-corrected chi connectivity index (χ2v) is 6.70. The number of ether oxygens (including phenoxy) is 2. The molecule has 2 rings (SSSR count). The van der Waals surface area contributed by atoms with Crippen LogP contribution in [0.2, 0.25) is 0 Å². The molecule has 1 aromatic carbocycles. The van der Waals surface area contributed by atoms with E-state index in [1.54, 1.807) is 32.4 Å². The quantitative estimate of drug-likeness (QED) is 0.747. The van der Waals surface area contributed by atoms with Crippen molar-refractivity contribution in [2.45, 2.75) is 25.3 Å². The predicted octanol–water partition coefficient (Wildman–Crippen LogP) is 3.71. The second-order valence-electron chi connectivity index (χ2n) is 5.62. The number of carbonyl (C=O) groups is 1. The van der Waals surface area contributed by atoms with Crippen LogP contribution in [0.3, 0.4) is 0 Å². The van der Waals surface area contributed by atoms with E-state index in [1.807, 2.05) is 19.9 Å². The molecular weight excluding hydrogens is 350 g/mol. The van der Waals surface area contributed by atoms with Gasteiger partial charge < -0.3 is 14.8 Å². The summed E-state index contributed by atoms with van der Waals surface area (Å²) in [5.74, 6) is 1.60. The Morgan fingerprint density at radius 2 is 1.85 bits per heavy atom. The zero-order valence-corrected chi connectivity index (χ0v) is 16.1. The number of nitrogens with zero attached hydrogens (tertiary/aromatic N) is 2. The molecule has 0 aliphatic carbocycles. The third-order valence-corrected chi connectivity index (χ3v) is 4.60. The monoisotopic (exact) mass is 371 g/mol. The molecule has 0 bridgehead atoms. The van der Waals surface area contributed by atoms with Gasteiger partial charge >= 0.3 is 0 Å². The van der Waals surface area contributed by atoms with Gasteiger partial charge in [0.25, 0.3) is 0 Å². The van der Waals surface area contributed by atoms with Gasteiger partial charge in [-0.2, -0.15) is 5.26 Å². The summed E-state index contributed by atoms with van der Waals surface area (Å²) in [6, 6.07) is 9.26. The Labute approximate surface area is 157 Å². The first kappa shape index (κ1) is 19.6. The number of thioether (sulfide) groups is 1. The molecule has 0 radical (unpaired) electrons. The number of nitrogens with one attached hydrogen (secondary N) is 1. The molecule has 0 spiro atoms.